The van der Waals surface area contributed by atoms with Crippen molar-refractivity contribution >= 4 is 6.29 Å². The Kier molecular flexibility index (Phi) is 3.03. The van der Waals surface area contributed by atoms with Gasteiger partial charge in [-0.1, -0.05) is 0 Å². The van der Waals surface area contributed by atoms with Gasteiger partial charge in [0.25, 0.3) is 0 Å². The molecule has 0 N–H and O–H groups in total. The van der Waals surface area contributed by atoms with Crippen molar-refractivity contribution in [3.05, 3.63) is 18.0 Å². The highest BCUT2D eigenvalue weighted by Crippen LogP contribution is 1.95. The third-order valence-corrected chi connectivity index (χ3v) is 1.46. The highest BCUT2D eigenvalue weighted by atomic mass is 16.1. The number of nitrogens with zero attached hydrogens (tertiary/aromatic N) is 3. The Morgan fingerprint density at radius 2 is 2.58 bits per heavy atom. The zero-order chi connectivity index (χ0) is 8.81. The van der Waals surface area contributed by atoms with Crippen LogP contribution in [0.4, 0.5) is 0 Å². The number of aldehydes is 1. The molecule has 4 nitrogen and oxygen atoms in total. The molecule has 12 heavy (non-hydrogen) atoms. The lowest BCUT2D eigenvalue weighted by Crippen LogP contribution is -1.98. The highest BCUT2D eigenvalue weighted by molar-refractivity contribution is 5.71. The molecule has 4 heteroatoms. The minimum Gasteiger partial charge on any atom is -0.296 e. The molecule has 0 unspecified atom stereocenters. The molecule has 0 aromatic carbocycles. The summed E-state index contributed by atoms with van der Waals surface area (Å²) in [7, 11) is 0. The molecule has 1 aromatic rings. The van der Waals surface area contributed by atoms with E-state index in [1.807, 2.05) is 6.07 Å². The fraction of sp³-hybridized carbons (Fsp3) is 0.375. The first-order valence-electron chi connectivity index (χ1n) is 3.72. The van der Waals surface area contributed by atoms with Gasteiger partial charge in [-0.3, -0.25) is 9.48 Å². The first kappa shape index (κ1) is 8.47. The van der Waals surface area contributed by atoms with Crippen LogP contribution in [-0.2, 0) is 6.54 Å². The number of hydrogen-bond acceptors (Lipinski definition) is 3. The second-order valence-corrected chi connectivity index (χ2v) is 2.38. The lowest BCUT2D eigenvalue weighted by molar-refractivity contribution is 0.111. The SMILES string of the molecule is N#CCCCn1ccc(C=O)n1. The molecule has 0 spiro atoms. The summed E-state index contributed by atoms with van der Waals surface area (Å²) in [4.78, 5) is 10.2. The molecule has 0 bridgehead atoms. The molecule has 0 aliphatic rings. The summed E-state index contributed by atoms with van der Waals surface area (Å²) in [6, 6.07) is 3.70. The first-order valence-corrected chi connectivity index (χ1v) is 3.72. The average Bonchev–Trinajstić information content (AvgIpc) is 2.53. The van der Waals surface area contributed by atoms with E-state index in [0.717, 1.165) is 6.42 Å². The van der Waals surface area contributed by atoms with E-state index in [0.29, 0.717) is 24.9 Å². The van der Waals surface area contributed by atoms with Crippen molar-refractivity contribution in [3.8, 4) is 6.07 Å². The van der Waals surface area contributed by atoms with Crippen LogP contribution in [0.1, 0.15) is 23.3 Å². The van der Waals surface area contributed by atoms with Gasteiger partial charge >= 0.3 is 0 Å². The Labute approximate surface area is 70.4 Å². The lowest BCUT2D eigenvalue weighted by Gasteiger charge is -1.95. The molecule has 0 saturated heterocycles. The number of hydrogen-bond donors (Lipinski definition) is 0. The second-order valence-electron chi connectivity index (χ2n) is 2.38. The van der Waals surface area contributed by atoms with Crippen LogP contribution in [0.3, 0.4) is 0 Å². The van der Waals surface area contributed by atoms with Crippen molar-refractivity contribution in [1.82, 2.24) is 9.78 Å². The van der Waals surface area contributed by atoms with Crippen LogP contribution in [0, 0.1) is 11.3 Å². The molecule has 0 amide bonds. The predicted molar refractivity (Wildman–Crippen MR) is 42.5 cm³/mol. The summed E-state index contributed by atoms with van der Waals surface area (Å²) in [6.45, 7) is 0.696. The summed E-state index contributed by atoms with van der Waals surface area (Å²) in [6.07, 6.45) is 3.74. The standard InChI is InChI=1S/C8H9N3O/c9-4-1-2-5-11-6-3-8(7-12)10-11/h3,6-7H,1-2,5H2. The number of carbonyl (C=O) groups is 1. The van der Waals surface area contributed by atoms with E-state index in [1.165, 1.54) is 0 Å². The number of carbonyl (C=O) groups excluding carboxylic acids is 1. The summed E-state index contributed by atoms with van der Waals surface area (Å²) < 4.78 is 1.67. The van der Waals surface area contributed by atoms with Gasteiger partial charge in [-0.05, 0) is 12.5 Å². The van der Waals surface area contributed by atoms with E-state index in [4.69, 9.17) is 5.26 Å². The number of aryl methyl sites for hydroxylation is 1. The van der Waals surface area contributed by atoms with Crippen LogP contribution in [0.2, 0.25) is 0 Å². The van der Waals surface area contributed by atoms with Gasteiger partial charge in [0.05, 0.1) is 6.07 Å². The third-order valence-electron chi connectivity index (χ3n) is 1.46. The molecule has 1 aromatic heterocycles. The lowest BCUT2D eigenvalue weighted by atomic mass is 10.3. The van der Waals surface area contributed by atoms with Gasteiger partial charge in [-0.25, -0.2) is 0 Å². The van der Waals surface area contributed by atoms with Gasteiger partial charge in [-0.15, -0.1) is 0 Å². The van der Waals surface area contributed by atoms with Gasteiger partial charge in [-0.2, -0.15) is 10.4 Å². The third kappa shape index (κ3) is 2.20. The van der Waals surface area contributed by atoms with Crippen molar-refractivity contribution in [3.63, 3.8) is 0 Å². The van der Waals surface area contributed by atoms with Crippen molar-refractivity contribution in [2.75, 3.05) is 0 Å². The normalized spacial score (nSPS) is 9.25. The molecule has 0 fully saturated rings. The topological polar surface area (TPSA) is 58.7 Å². The number of unbranched alkanes of at least 4 members (excludes halogenated alkanes) is 1. The smallest absolute Gasteiger partial charge is 0.170 e. The molecular formula is C8H9N3O. The Hall–Kier alpha value is -1.63. The van der Waals surface area contributed by atoms with Crippen molar-refractivity contribution in [2.24, 2.45) is 0 Å². The van der Waals surface area contributed by atoms with Crippen LogP contribution in [0.5, 0.6) is 0 Å². The summed E-state index contributed by atoms with van der Waals surface area (Å²) in [5.74, 6) is 0. The van der Waals surface area contributed by atoms with Crippen molar-refractivity contribution in [2.45, 2.75) is 19.4 Å². The van der Waals surface area contributed by atoms with Crippen molar-refractivity contribution < 1.29 is 4.79 Å². The van der Waals surface area contributed by atoms with Crippen LogP contribution < -0.4 is 0 Å². The van der Waals surface area contributed by atoms with E-state index in [2.05, 4.69) is 5.10 Å². The van der Waals surface area contributed by atoms with E-state index in [1.54, 1.807) is 16.9 Å². The first-order chi connectivity index (χ1) is 5.86. The van der Waals surface area contributed by atoms with Crippen LogP contribution in [0.15, 0.2) is 12.3 Å². The molecule has 0 radical (unpaired) electrons. The largest absolute Gasteiger partial charge is 0.296 e. The maximum atomic E-state index is 10.2. The molecule has 1 heterocycles. The van der Waals surface area contributed by atoms with E-state index in [-0.39, 0.29) is 0 Å². The zero-order valence-corrected chi connectivity index (χ0v) is 6.60. The minimum atomic E-state index is 0.437. The number of aromatic nitrogens is 2. The van der Waals surface area contributed by atoms with Gasteiger partial charge in [0.2, 0.25) is 0 Å². The quantitative estimate of drug-likeness (QED) is 0.491. The summed E-state index contributed by atoms with van der Waals surface area (Å²) in [5.41, 5.74) is 0.437. The molecular weight excluding hydrogens is 154 g/mol. The summed E-state index contributed by atoms with van der Waals surface area (Å²) >= 11 is 0. The molecule has 62 valence electrons. The van der Waals surface area contributed by atoms with Crippen LogP contribution >= 0.6 is 0 Å². The Morgan fingerprint density at radius 1 is 1.75 bits per heavy atom. The van der Waals surface area contributed by atoms with Gasteiger partial charge in [0.1, 0.15) is 5.69 Å². The predicted octanol–water partition coefficient (Wildman–Crippen LogP) is 0.999. The Balaban J connectivity index is 2.42. The van der Waals surface area contributed by atoms with E-state index < -0.39 is 0 Å². The van der Waals surface area contributed by atoms with Crippen molar-refractivity contribution in [1.29, 1.82) is 5.26 Å². The fourth-order valence-corrected chi connectivity index (χ4v) is 0.885. The highest BCUT2D eigenvalue weighted by Gasteiger charge is 1.95. The van der Waals surface area contributed by atoms with Gasteiger partial charge in [0.15, 0.2) is 6.29 Å². The maximum Gasteiger partial charge on any atom is 0.170 e. The second kappa shape index (κ2) is 4.29. The fourth-order valence-electron chi connectivity index (χ4n) is 0.885. The molecule has 0 aliphatic heterocycles. The average molecular weight is 163 g/mol. The monoisotopic (exact) mass is 163 g/mol. The Morgan fingerprint density at radius 3 is 3.17 bits per heavy atom. The zero-order valence-electron chi connectivity index (χ0n) is 6.60. The van der Waals surface area contributed by atoms with Gasteiger partial charge in [0, 0.05) is 19.2 Å². The number of rotatable bonds is 4. The maximum absolute atomic E-state index is 10.2. The van der Waals surface area contributed by atoms with E-state index >= 15 is 0 Å². The van der Waals surface area contributed by atoms with E-state index in [9.17, 15) is 4.79 Å². The Bertz CT molecular complexity index is 297. The van der Waals surface area contributed by atoms with Crippen LogP contribution in [-0.4, -0.2) is 16.1 Å². The van der Waals surface area contributed by atoms with Gasteiger partial charge < -0.3 is 0 Å². The molecule has 0 aliphatic carbocycles. The molecule has 0 saturated carbocycles. The number of nitriles is 1. The summed E-state index contributed by atoms with van der Waals surface area (Å²) in [5, 5.41) is 12.2. The minimum absolute atomic E-state index is 0.437. The molecule has 1 rings (SSSR count). The molecule has 0 atom stereocenters. The van der Waals surface area contributed by atoms with Crippen LogP contribution in [0.25, 0.3) is 0 Å².